The van der Waals surface area contributed by atoms with Gasteiger partial charge in [0.1, 0.15) is 0 Å². The fourth-order valence-corrected chi connectivity index (χ4v) is 1.63. The molecule has 0 aliphatic heterocycles. The van der Waals surface area contributed by atoms with E-state index in [1.807, 2.05) is 12.1 Å². The Balaban J connectivity index is 2.17. The molecule has 0 aromatic carbocycles. The van der Waals surface area contributed by atoms with Gasteiger partial charge in [0.15, 0.2) is 5.96 Å². The lowest BCUT2D eigenvalue weighted by Gasteiger charge is -2.11. The standard InChI is InChI=1S/C14H26N4O2/c1-3-15-14(17-7-11-20-13-12-19-2)16-6-10-18-8-4-5-9-18/h4-5,8-9H,3,6-7,10-13H2,1-2H3,(H2,15,16,17). The largest absolute Gasteiger partial charge is 0.382 e. The molecule has 1 aromatic rings. The lowest BCUT2D eigenvalue weighted by molar-refractivity contribution is 0.0748. The highest BCUT2D eigenvalue weighted by atomic mass is 16.5. The molecule has 1 aromatic heterocycles. The second kappa shape index (κ2) is 11.3. The zero-order chi connectivity index (χ0) is 14.5. The molecular formula is C14H26N4O2. The molecule has 1 rings (SSSR count). The third-order valence-corrected chi connectivity index (χ3v) is 2.61. The minimum Gasteiger partial charge on any atom is -0.382 e. The summed E-state index contributed by atoms with van der Waals surface area (Å²) < 4.78 is 12.4. The lowest BCUT2D eigenvalue weighted by Crippen LogP contribution is -2.39. The molecule has 2 N–H and O–H groups in total. The molecule has 0 aliphatic carbocycles. The van der Waals surface area contributed by atoms with Crippen molar-refractivity contribution in [1.29, 1.82) is 0 Å². The smallest absolute Gasteiger partial charge is 0.191 e. The van der Waals surface area contributed by atoms with Gasteiger partial charge >= 0.3 is 0 Å². The average molecular weight is 282 g/mol. The molecule has 20 heavy (non-hydrogen) atoms. The van der Waals surface area contributed by atoms with Crippen LogP contribution in [0.15, 0.2) is 29.5 Å². The van der Waals surface area contributed by atoms with Gasteiger partial charge in [-0.3, -0.25) is 4.99 Å². The number of methoxy groups -OCH3 is 1. The highest BCUT2D eigenvalue weighted by Crippen LogP contribution is 1.88. The van der Waals surface area contributed by atoms with Crippen LogP contribution in [0.4, 0.5) is 0 Å². The normalized spacial score (nSPS) is 11.6. The Bertz CT molecular complexity index is 352. The van der Waals surface area contributed by atoms with E-state index >= 15 is 0 Å². The van der Waals surface area contributed by atoms with Gasteiger partial charge in [0.25, 0.3) is 0 Å². The molecule has 0 atom stereocenters. The SMILES string of the molecule is CCNC(=NCCOCCOC)NCCn1cccc1. The first-order chi connectivity index (χ1) is 9.86. The molecule has 6 heteroatoms. The molecule has 6 nitrogen and oxygen atoms in total. The summed E-state index contributed by atoms with van der Waals surface area (Å²) in [5.74, 6) is 0.829. The van der Waals surface area contributed by atoms with E-state index in [4.69, 9.17) is 9.47 Å². The van der Waals surface area contributed by atoms with Gasteiger partial charge < -0.3 is 24.7 Å². The zero-order valence-corrected chi connectivity index (χ0v) is 12.5. The van der Waals surface area contributed by atoms with Gasteiger partial charge in [-0.05, 0) is 19.1 Å². The van der Waals surface area contributed by atoms with Gasteiger partial charge in [-0.2, -0.15) is 0 Å². The van der Waals surface area contributed by atoms with Crippen molar-refractivity contribution in [3.63, 3.8) is 0 Å². The van der Waals surface area contributed by atoms with E-state index in [0.29, 0.717) is 26.4 Å². The maximum absolute atomic E-state index is 5.37. The molecule has 0 saturated carbocycles. The third-order valence-electron chi connectivity index (χ3n) is 2.61. The maximum Gasteiger partial charge on any atom is 0.191 e. The number of rotatable bonds is 10. The van der Waals surface area contributed by atoms with Crippen LogP contribution >= 0.6 is 0 Å². The quantitative estimate of drug-likeness (QED) is 0.377. The number of guanidine groups is 1. The molecule has 0 radical (unpaired) electrons. The number of hydrogen-bond donors (Lipinski definition) is 2. The Morgan fingerprint density at radius 2 is 1.95 bits per heavy atom. The Hall–Kier alpha value is -1.53. The summed E-state index contributed by atoms with van der Waals surface area (Å²) in [6.45, 7) is 7.15. The van der Waals surface area contributed by atoms with Crippen LogP contribution < -0.4 is 10.6 Å². The summed E-state index contributed by atoms with van der Waals surface area (Å²) in [7, 11) is 1.67. The summed E-state index contributed by atoms with van der Waals surface area (Å²) in [6.07, 6.45) is 4.10. The number of nitrogens with zero attached hydrogens (tertiary/aromatic N) is 2. The van der Waals surface area contributed by atoms with Crippen LogP contribution in [-0.2, 0) is 16.0 Å². The number of hydrogen-bond acceptors (Lipinski definition) is 3. The third kappa shape index (κ3) is 7.81. The second-order valence-electron chi connectivity index (χ2n) is 4.21. The summed E-state index contributed by atoms with van der Waals surface area (Å²) in [4.78, 5) is 4.45. The zero-order valence-electron chi connectivity index (χ0n) is 12.5. The van der Waals surface area contributed by atoms with Crippen LogP contribution in [0.2, 0.25) is 0 Å². The monoisotopic (exact) mass is 282 g/mol. The number of ether oxygens (including phenoxy) is 2. The molecular weight excluding hydrogens is 256 g/mol. The molecule has 0 aliphatic rings. The molecule has 114 valence electrons. The molecule has 0 spiro atoms. The van der Waals surface area contributed by atoms with Crippen molar-refractivity contribution in [3.05, 3.63) is 24.5 Å². The first kappa shape index (κ1) is 16.5. The predicted molar refractivity (Wildman–Crippen MR) is 81.1 cm³/mol. The first-order valence-electron chi connectivity index (χ1n) is 7.06. The minimum absolute atomic E-state index is 0.609. The van der Waals surface area contributed by atoms with E-state index in [-0.39, 0.29) is 0 Å². The Labute approximate surface area is 121 Å². The fourth-order valence-electron chi connectivity index (χ4n) is 1.63. The molecule has 0 amide bonds. The van der Waals surface area contributed by atoms with Crippen molar-refractivity contribution in [1.82, 2.24) is 15.2 Å². The van der Waals surface area contributed by atoms with Crippen LogP contribution in [0.25, 0.3) is 0 Å². The maximum atomic E-state index is 5.37. The van der Waals surface area contributed by atoms with Crippen molar-refractivity contribution < 1.29 is 9.47 Å². The lowest BCUT2D eigenvalue weighted by atomic mass is 10.6. The predicted octanol–water partition coefficient (Wildman–Crippen LogP) is 0.706. The Morgan fingerprint density at radius 1 is 1.15 bits per heavy atom. The van der Waals surface area contributed by atoms with Crippen LogP contribution in [0.1, 0.15) is 6.92 Å². The number of aromatic nitrogens is 1. The van der Waals surface area contributed by atoms with Crippen molar-refractivity contribution >= 4 is 5.96 Å². The van der Waals surface area contributed by atoms with E-state index in [9.17, 15) is 0 Å². The van der Waals surface area contributed by atoms with E-state index in [2.05, 4.69) is 39.5 Å². The number of aliphatic imine (C=N–C) groups is 1. The van der Waals surface area contributed by atoms with Crippen molar-refractivity contribution in [2.75, 3.05) is 46.6 Å². The Morgan fingerprint density at radius 3 is 2.65 bits per heavy atom. The first-order valence-corrected chi connectivity index (χ1v) is 7.06. The van der Waals surface area contributed by atoms with Crippen LogP contribution in [0, 0.1) is 0 Å². The van der Waals surface area contributed by atoms with Crippen molar-refractivity contribution in [3.8, 4) is 0 Å². The van der Waals surface area contributed by atoms with Crippen LogP contribution in [0.3, 0.4) is 0 Å². The van der Waals surface area contributed by atoms with Crippen LogP contribution in [-0.4, -0.2) is 57.1 Å². The summed E-state index contributed by atoms with van der Waals surface area (Å²) >= 11 is 0. The molecule has 0 fully saturated rings. The van der Waals surface area contributed by atoms with E-state index < -0.39 is 0 Å². The fraction of sp³-hybridized carbons (Fsp3) is 0.643. The van der Waals surface area contributed by atoms with Gasteiger partial charge in [0.05, 0.1) is 26.4 Å². The summed E-state index contributed by atoms with van der Waals surface area (Å²) in [5.41, 5.74) is 0. The summed E-state index contributed by atoms with van der Waals surface area (Å²) in [6, 6.07) is 4.05. The summed E-state index contributed by atoms with van der Waals surface area (Å²) in [5, 5.41) is 6.51. The van der Waals surface area contributed by atoms with Gasteiger partial charge in [-0.1, -0.05) is 0 Å². The molecule has 0 unspecified atom stereocenters. The van der Waals surface area contributed by atoms with Crippen molar-refractivity contribution in [2.45, 2.75) is 13.5 Å². The molecule has 1 heterocycles. The highest BCUT2D eigenvalue weighted by molar-refractivity contribution is 5.79. The Kier molecular flexibility index (Phi) is 9.34. The minimum atomic E-state index is 0.609. The molecule has 0 saturated heterocycles. The van der Waals surface area contributed by atoms with Gasteiger partial charge in [0, 0.05) is 39.1 Å². The van der Waals surface area contributed by atoms with Gasteiger partial charge in [-0.15, -0.1) is 0 Å². The van der Waals surface area contributed by atoms with Gasteiger partial charge in [-0.25, -0.2) is 0 Å². The van der Waals surface area contributed by atoms with Gasteiger partial charge in [0.2, 0.25) is 0 Å². The number of nitrogens with one attached hydrogen (secondary N) is 2. The van der Waals surface area contributed by atoms with Crippen molar-refractivity contribution in [2.24, 2.45) is 4.99 Å². The average Bonchev–Trinajstić information content (AvgIpc) is 2.96. The van der Waals surface area contributed by atoms with E-state index in [1.165, 1.54) is 0 Å². The van der Waals surface area contributed by atoms with E-state index in [0.717, 1.165) is 25.6 Å². The topological polar surface area (TPSA) is 59.8 Å². The van der Waals surface area contributed by atoms with Crippen LogP contribution in [0.5, 0.6) is 0 Å². The van der Waals surface area contributed by atoms with E-state index in [1.54, 1.807) is 7.11 Å². The second-order valence-corrected chi connectivity index (χ2v) is 4.21. The molecule has 0 bridgehead atoms. The highest BCUT2D eigenvalue weighted by Gasteiger charge is 1.96.